The number of para-hydroxylation sites is 1. The van der Waals surface area contributed by atoms with Gasteiger partial charge in [0, 0.05) is 22.0 Å². The zero-order valence-corrected chi connectivity index (χ0v) is 22.2. The highest BCUT2D eigenvalue weighted by Gasteiger charge is 2.17. The first-order valence-corrected chi connectivity index (χ1v) is 13.0. The number of carbonyl (C=O) groups excluding carboxylic acids is 1. The van der Waals surface area contributed by atoms with E-state index in [-0.39, 0.29) is 6.03 Å². The Morgan fingerprint density at radius 1 is 0.829 bits per heavy atom. The first-order valence-electron chi connectivity index (χ1n) is 11.8. The third-order valence-electron chi connectivity index (χ3n) is 5.87. The minimum absolute atomic E-state index is 0.247. The third-order valence-corrected chi connectivity index (χ3v) is 7.14. The van der Waals surface area contributed by atoms with Crippen LogP contribution in [0.2, 0.25) is 5.02 Å². The molecule has 0 aliphatic rings. The van der Waals surface area contributed by atoms with E-state index >= 15 is 0 Å². The Morgan fingerprint density at radius 2 is 1.40 bits per heavy atom. The molecule has 4 aromatic rings. The zero-order chi connectivity index (χ0) is 25.1. The summed E-state index contributed by atoms with van der Waals surface area (Å²) in [6.07, 6.45) is 0. The molecule has 1 heterocycles. The molecule has 0 atom stereocenters. The van der Waals surface area contributed by atoms with Gasteiger partial charge in [-0.15, -0.1) is 11.3 Å². The second kappa shape index (κ2) is 10.6. The SMILES string of the molecule is Cc1nc(-c2ccc(Cl)cc2)c(-c2ccc(NC(=O)Nc3c(C(C)C)cccc3C(C)C)cc2)s1. The van der Waals surface area contributed by atoms with Crippen LogP contribution in [0.1, 0.15) is 55.7 Å². The maximum absolute atomic E-state index is 12.9. The Morgan fingerprint density at radius 3 is 1.97 bits per heavy atom. The first-order chi connectivity index (χ1) is 16.7. The lowest BCUT2D eigenvalue weighted by Gasteiger charge is -2.20. The molecule has 6 heteroatoms. The molecule has 180 valence electrons. The average Bonchev–Trinajstić information content (AvgIpc) is 3.21. The molecule has 0 saturated carbocycles. The summed E-state index contributed by atoms with van der Waals surface area (Å²) in [5.41, 5.74) is 6.93. The fraction of sp³-hybridized carbons (Fsp3) is 0.241. The smallest absolute Gasteiger partial charge is 0.308 e. The standard InChI is InChI=1S/C29H30ClN3OS/c1-17(2)24-7-6-8-25(18(3)4)27(24)33-29(34)32-23-15-11-21(12-16-23)28-26(31-19(5)35-28)20-9-13-22(30)14-10-20/h6-18H,1-5H3,(H2,32,33,34). The van der Waals surface area contributed by atoms with Crippen LogP contribution in [0.4, 0.5) is 16.2 Å². The molecule has 0 radical (unpaired) electrons. The highest BCUT2D eigenvalue weighted by atomic mass is 35.5. The third kappa shape index (κ3) is 5.75. The van der Waals surface area contributed by atoms with Crippen LogP contribution in [-0.4, -0.2) is 11.0 Å². The highest BCUT2D eigenvalue weighted by Crippen LogP contribution is 2.37. The van der Waals surface area contributed by atoms with Crippen LogP contribution < -0.4 is 10.6 Å². The number of urea groups is 1. The number of hydrogen-bond donors (Lipinski definition) is 2. The summed E-state index contributed by atoms with van der Waals surface area (Å²) in [5.74, 6) is 0.613. The minimum Gasteiger partial charge on any atom is -0.308 e. The lowest BCUT2D eigenvalue weighted by Crippen LogP contribution is -2.21. The minimum atomic E-state index is -0.247. The number of halogens is 1. The number of hydrogen-bond acceptors (Lipinski definition) is 3. The maximum atomic E-state index is 12.9. The van der Waals surface area contributed by atoms with E-state index in [1.54, 1.807) is 11.3 Å². The fourth-order valence-electron chi connectivity index (χ4n) is 4.10. The van der Waals surface area contributed by atoms with Gasteiger partial charge in [0.2, 0.25) is 0 Å². The van der Waals surface area contributed by atoms with Crippen molar-refractivity contribution in [2.45, 2.75) is 46.5 Å². The maximum Gasteiger partial charge on any atom is 0.323 e. The Hall–Kier alpha value is -3.15. The Labute approximate surface area is 216 Å². The molecule has 0 fully saturated rings. The van der Waals surface area contributed by atoms with E-state index in [0.29, 0.717) is 16.9 Å². The molecule has 4 rings (SSSR count). The summed E-state index contributed by atoms with van der Waals surface area (Å²) in [4.78, 5) is 18.8. The van der Waals surface area contributed by atoms with E-state index < -0.39 is 0 Å². The molecular weight excluding hydrogens is 474 g/mol. The molecular formula is C29H30ClN3OS. The van der Waals surface area contributed by atoms with E-state index in [2.05, 4.69) is 56.5 Å². The molecule has 1 aromatic heterocycles. The molecule has 2 N–H and O–H groups in total. The molecule has 2 amide bonds. The van der Waals surface area contributed by atoms with Crippen molar-refractivity contribution in [2.75, 3.05) is 10.6 Å². The lowest BCUT2D eigenvalue weighted by atomic mass is 9.93. The number of nitrogens with zero attached hydrogens (tertiary/aromatic N) is 1. The van der Waals surface area contributed by atoms with E-state index in [9.17, 15) is 4.79 Å². The molecule has 0 aliphatic heterocycles. The Balaban J connectivity index is 1.54. The van der Waals surface area contributed by atoms with Gasteiger partial charge in [-0.3, -0.25) is 0 Å². The highest BCUT2D eigenvalue weighted by molar-refractivity contribution is 7.15. The number of aromatic nitrogens is 1. The predicted molar refractivity (Wildman–Crippen MR) is 150 cm³/mol. The number of rotatable bonds is 6. The number of aryl methyl sites for hydroxylation is 1. The number of thiazole rings is 1. The van der Waals surface area contributed by atoms with Crippen LogP contribution in [0.5, 0.6) is 0 Å². The van der Waals surface area contributed by atoms with Crippen molar-refractivity contribution in [1.29, 1.82) is 0 Å². The van der Waals surface area contributed by atoms with Gasteiger partial charge < -0.3 is 10.6 Å². The topological polar surface area (TPSA) is 54.0 Å². The van der Waals surface area contributed by atoms with Crippen LogP contribution in [-0.2, 0) is 0 Å². The van der Waals surface area contributed by atoms with Crippen molar-refractivity contribution in [3.8, 4) is 21.7 Å². The number of benzene rings is 3. The Kier molecular flexibility index (Phi) is 7.58. The molecule has 4 nitrogen and oxygen atoms in total. The molecule has 0 unspecified atom stereocenters. The van der Waals surface area contributed by atoms with Crippen molar-refractivity contribution in [2.24, 2.45) is 0 Å². The normalized spacial score (nSPS) is 11.2. The van der Waals surface area contributed by atoms with Crippen molar-refractivity contribution >= 4 is 40.3 Å². The second-order valence-electron chi connectivity index (χ2n) is 9.19. The van der Waals surface area contributed by atoms with Gasteiger partial charge >= 0.3 is 6.03 Å². The van der Waals surface area contributed by atoms with Crippen LogP contribution >= 0.6 is 22.9 Å². The van der Waals surface area contributed by atoms with E-state index in [1.165, 1.54) is 0 Å². The summed E-state index contributed by atoms with van der Waals surface area (Å²) >= 11 is 7.71. The van der Waals surface area contributed by atoms with E-state index in [0.717, 1.165) is 49.2 Å². The van der Waals surface area contributed by atoms with Gasteiger partial charge in [0.25, 0.3) is 0 Å². The number of amides is 2. The van der Waals surface area contributed by atoms with Crippen molar-refractivity contribution in [3.63, 3.8) is 0 Å². The summed E-state index contributed by atoms with van der Waals surface area (Å²) in [6, 6.07) is 21.6. The summed E-state index contributed by atoms with van der Waals surface area (Å²) in [6.45, 7) is 10.6. The number of anilines is 2. The van der Waals surface area contributed by atoms with Gasteiger partial charge in [-0.05, 0) is 59.7 Å². The van der Waals surface area contributed by atoms with Crippen molar-refractivity contribution < 1.29 is 4.79 Å². The summed E-state index contributed by atoms with van der Waals surface area (Å²) in [7, 11) is 0. The molecule has 35 heavy (non-hydrogen) atoms. The van der Waals surface area contributed by atoms with Gasteiger partial charge in [-0.2, -0.15) is 0 Å². The van der Waals surface area contributed by atoms with Gasteiger partial charge in [-0.1, -0.05) is 81.8 Å². The van der Waals surface area contributed by atoms with E-state index in [1.807, 2.05) is 55.5 Å². The average molecular weight is 504 g/mol. The number of carbonyl (C=O) groups is 1. The lowest BCUT2D eigenvalue weighted by molar-refractivity contribution is 0.262. The fourth-order valence-corrected chi connectivity index (χ4v) is 5.17. The van der Waals surface area contributed by atoms with Gasteiger partial charge in [0.05, 0.1) is 15.6 Å². The molecule has 0 bridgehead atoms. The predicted octanol–water partition coefficient (Wildman–Crippen LogP) is 9.33. The van der Waals surface area contributed by atoms with E-state index in [4.69, 9.17) is 16.6 Å². The van der Waals surface area contributed by atoms with Crippen molar-refractivity contribution in [1.82, 2.24) is 4.98 Å². The van der Waals surface area contributed by atoms with Gasteiger partial charge in [0.15, 0.2) is 0 Å². The van der Waals surface area contributed by atoms with Crippen LogP contribution in [0, 0.1) is 6.92 Å². The van der Waals surface area contributed by atoms with Crippen molar-refractivity contribution in [3.05, 3.63) is 87.9 Å². The second-order valence-corrected chi connectivity index (χ2v) is 10.8. The van der Waals surface area contributed by atoms with Crippen LogP contribution in [0.15, 0.2) is 66.7 Å². The van der Waals surface area contributed by atoms with Crippen LogP contribution in [0.3, 0.4) is 0 Å². The number of nitrogens with one attached hydrogen (secondary N) is 2. The quantitative estimate of drug-likeness (QED) is 0.275. The zero-order valence-electron chi connectivity index (χ0n) is 20.6. The summed E-state index contributed by atoms with van der Waals surface area (Å²) in [5, 5.41) is 7.79. The van der Waals surface area contributed by atoms with Crippen LogP contribution in [0.25, 0.3) is 21.7 Å². The summed E-state index contributed by atoms with van der Waals surface area (Å²) < 4.78 is 0. The first kappa shape index (κ1) is 25.0. The molecule has 0 aliphatic carbocycles. The Bertz CT molecular complexity index is 1300. The van der Waals surface area contributed by atoms with Gasteiger partial charge in [0.1, 0.15) is 0 Å². The molecule has 0 saturated heterocycles. The largest absolute Gasteiger partial charge is 0.323 e. The molecule has 0 spiro atoms. The molecule has 3 aromatic carbocycles. The monoisotopic (exact) mass is 503 g/mol. The van der Waals surface area contributed by atoms with Gasteiger partial charge in [-0.25, -0.2) is 9.78 Å².